The van der Waals surface area contributed by atoms with Crippen molar-refractivity contribution in [2.45, 2.75) is 42.8 Å². The van der Waals surface area contributed by atoms with E-state index < -0.39 is 0 Å². The van der Waals surface area contributed by atoms with Crippen LogP contribution in [0, 0.1) is 5.92 Å². The van der Waals surface area contributed by atoms with Gasteiger partial charge in [0.15, 0.2) is 0 Å². The van der Waals surface area contributed by atoms with Crippen LogP contribution in [0.25, 0.3) is 0 Å². The molecule has 1 aliphatic heterocycles. The SMILES string of the molecule is BrC(CCCC1COc2ccccc21)C1CC1. The third-order valence-corrected chi connectivity index (χ3v) is 5.17. The molecule has 1 heterocycles. The molecular weight excluding hydrogens is 276 g/mol. The van der Waals surface area contributed by atoms with Crippen molar-refractivity contribution in [1.82, 2.24) is 0 Å². The standard InChI is InChI=1S/C15H19BrO/c16-14(11-8-9-11)6-3-4-12-10-17-15-7-2-1-5-13(12)15/h1-2,5,7,11-12,14H,3-4,6,8-10H2. The summed E-state index contributed by atoms with van der Waals surface area (Å²) in [5, 5.41) is 0. The van der Waals surface area contributed by atoms with Crippen LogP contribution in [0.4, 0.5) is 0 Å². The van der Waals surface area contributed by atoms with E-state index in [1.54, 1.807) is 0 Å². The van der Waals surface area contributed by atoms with Gasteiger partial charge in [-0.05, 0) is 37.7 Å². The first-order valence-electron chi connectivity index (χ1n) is 6.70. The van der Waals surface area contributed by atoms with Crippen molar-refractivity contribution in [2.75, 3.05) is 6.61 Å². The summed E-state index contributed by atoms with van der Waals surface area (Å²) >= 11 is 3.81. The van der Waals surface area contributed by atoms with Gasteiger partial charge in [0, 0.05) is 16.3 Å². The van der Waals surface area contributed by atoms with Gasteiger partial charge in [-0.1, -0.05) is 40.5 Å². The molecule has 2 aliphatic rings. The Morgan fingerprint density at radius 2 is 2.12 bits per heavy atom. The lowest BCUT2D eigenvalue weighted by Crippen LogP contribution is -2.04. The Labute approximate surface area is 112 Å². The molecule has 1 nitrogen and oxygen atoms in total. The summed E-state index contributed by atoms with van der Waals surface area (Å²) in [7, 11) is 0. The zero-order valence-corrected chi connectivity index (χ0v) is 11.7. The number of hydrogen-bond acceptors (Lipinski definition) is 1. The van der Waals surface area contributed by atoms with E-state index in [2.05, 4.69) is 40.2 Å². The van der Waals surface area contributed by atoms with Crippen molar-refractivity contribution in [3.63, 3.8) is 0 Å². The summed E-state index contributed by atoms with van der Waals surface area (Å²) in [6.07, 6.45) is 6.78. The molecule has 0 N–H and O–H groups in total. The highest BCUT2D eigenvalue weighted by molar-refractivity contribution is 9.09. The van der Waals surface area contributed by atoms with Crippen LogP contribution in [0.2, 0.25) is 0 Å². The molecule has 92 valence electrons. The average molecular weight is 295 g/mol. The van der Waals surface area contributed by atoms with Gasteiger partial charge in [0.25, 0.3) is 0 Å². The van der Waals surface area contributed by atoms with Crippen molar-refractivity contribution < 1.29 is 4.74 Å². The van der Waals surface area contributed by atoms with Crippen molar-refractivity contribution in [3.8, 4) is 5.75 Å². The van der Waals surface area contributed by atoms with Gasteiger partial charge in [0.1, 0.15) is 5.75 Å². The quantitative estimate of drug-likeness (QED) is 0.726. The van der Waals surface area contributed by atoms with Crippen LogP contribution in [0.1, 0.15) is 43.6 Å². The van der Waals surface area contributed by atoms with Crippen molar-refractivity contribution in [3.05, 3.63) is 29.8 Å². The van der Waals surface area contributed by atoms with E-state index in [-0.39, 0.29) is 0 Å². The molecule has 2 unspecified atom stereocenters. The maximum absolute atomic E-state index is 5.72. The summed E-state index contributed by atoms with van der Waals surface area (Å²) in [6, 6.07) is 8.49. The van der Waals surface area contributed by atoms with Crippen LogP contribution < -0.4 is 4.74 Å². The van der Waals surface area contributed by atoms with E-state index in [4.69, 9.17) is 4.74 Å². The Bertz CT molecular complexity index is 386. The molecule has 0 saturated heterocycles. The number of ether oxygens (including phenoxy) is 1. The summed E-state index contributed by atoms with van der Waals surface area (Å²) < 4.78 is 5.72. The van der Waals surface area contributed by atoms with Gasteiger partial charge >= 0.3 is 0 Å². The number of halogens is 1. The fraction of sp³-hybridized carbons (Fsp3) is 0.600. The van der Waals surface area contributed by atoms with Crippen molar-refractivity contribution >= 4 is 15.9 Å². The van der Waals surface area contributed by atoms with Crippen LogP contribution in [0.15, 0.2) is 24.3 Å². The molecule has 1 aliphatic carbocycles. The molecule has 1 aromatic rings. The lowest BCUT2D eigenvalue weighted by molar-refractivity contribution is 0.322. The average Bonchev–Trinajstić information content (AvgIpc) is 3.12. The second-order valence-corrected chi connectivity index (χ2v) is 6.51. The monoisotopic (exact) mass is 294 g/mol. The van der Waals surface area contributed by atoms with Gasteiger partial charge in [-0.15, -0.1) is 0 Å². The zero-order valence-electron chi connectivity index (χ0n) is 10.1. The topological polar surface area (TPSA) is 9.23 Å². The lowest BCUT2D eigenvalue weighted by Gasteiger charge is -2.11. The van der Waals surface area contributed by atoms with Gasteiger partial charge in [-0.25, -0.2) is 0 Å². The van der Waals surface area contributed by atoms with Crippen molar-refractivity contribution in [1.29, 1.82) is 0 Å². The molecular formula is C15H19BrO. The predicted molar refractivity (Wildman–Crippen MR) is 74.0 cm³/mol. The Balaban J connectivity index is 1.50. The Morgan fingerprint density at radius 1 is 1.29 bits per heavy atom. The molecule has 0 bridgehead atoms. The fourth-order valence-corrected chi connectivity index (χ4v) is 3.57. The number of alkyl halides is 1. The zero-order chi connectivity index (χ0) is 11.7. The summed E-state index contributed by atoms with van der Waals surface area (Å²) in [4.78, 5) is 0.764. The minimum atomic E-state index is 0.630. The summed E-state index contributed by atoms with van der Waals surface area (Å²) in [6.45, 7) is 0.885. The maximum atomic E-state index is 5.72. The van der Waals surface area contributed by atoms with Gasteiger partial charge < -0.3 is 4.74 Å². The first-order chi connectivity index (χ1) is 8.34. The van der Waals surface area contributed by atoms with Gasteiger partial charge in [0.2, 0.25) is 0 Å². The molecule has 1 aromatic carbocycles. The Kier molecular flexibility index (Phi) is 3.41. The second kappa shape index (κ2) is 5.01. The van der Waals surface area contributed by atoms with Crippen LogP contribution in [-0.4, -0.2) is 11.4 Å². The van der Waals surface area contributed by atoms with E-state index in [9.17, 15) is 0 Å². The molecule has 0 radical (unpaired) electrons. The summed E-state index contributed by atoms with van der Waals surface area (Å²) in [5.74, 6) is 2.71. The van der Waals surface area contributed by atoms with Gasteiger partial charge in [-0.2, -0.15) is 0 Å². The molecule has 1 fully saturated rings. The minimum Gasteiger partial charge on any atom is -0.493 e. The van der Waals surface area contributed by atoms with E-state index >= 15 is 0 Å². The highest BCUT2D eigenvalue weighted by Gasteiger charge is 2.29. The first kappa shape index (κ1) is 11.6. The summed E-state index contributed by atoms with van der Waals surface area (Å²) in [5.41, 5.74) is 1.42. The number of para-hydroxylation sites is 1. The molecule has 2 heteroatoms. The fourth-order valence-electron chi connectivity index (χ4n) is 2.72. The van der Waals surface area contributed by atoms with Crippen LogP contribution in [-0.2, 0) is 0 Å². The largest absolute Gasteiger partial charge is 0.493 e. The van der Waals surface area contributed by atoms with E-state index in [1.807, 2.05) is 0 Å². The van der Waals surface area contributed by atoms with Gasteiger partial charge in [-0.3, -0.25) is 0 Å². The Morgan fingerprint density at radius 3 is 2.94 bits per heavy atom. The molecule has 0 spiro atoms. The van der Waals surface area contributed by atoms with E-state index in [0.717, 1.165) is 23.1 Å². The number of rotatable bonds is 5. The highest BCUT2D eigenvalue weighted by Crippen LogP contribution is 2.40. The molecule has 0 aromatic heterocycles. The third-order valence-electron chi connectivity index (χ3n) is 3.96. The lowest BCUT2D eigenvalue weighted by atomic mass is 9.95. The normalized spacial score (nSPS) is 24.2. The molecule has 3 rings (SSSR count). The molecule has 17 heavy (non-hydrogen) atoms. The minimum absolute atomic E-state index is 0.630. The number of hydrogen-bond donors (Lipinski definition) is 0. The number of benzene rings is 1. The molecule has 2 atom stereocenters. The predicted octanol–water partition coefficient (Wildman–Crippen LogP) is 4.51. The van der Waals surface area contributed by atoms with Crippen LogP contribution >= 0.6 is 15.9 Å². The first-order valence-corrected chi connectivity index (χ1v) is 7.62. The van der Waals surface area contributed by atoms with E-state index in [1.165, 1.54) is 37.7 Å². The third kappa shape index (κ3) is 2.67. The highest BCUT2D eigenvalue weighted by atomic mass is 79.9. The van der Waals surface area contributed by atoms with Crippen molar-refractivity contribution in [2.24, 2.45) is 5.92 Å². The smallest absolute Gasteiger partial charge is 0.122 e. The van der Waals surface area contributed by atoms with Crippen LogP contribution in [0.5, 0.6) is 5.75 Å². The molecule has 1 saturated carbocycles. The maximum Gasteiger partial charge on any atom is 0.122 e. The molecule has 0 amide bonds. The number of fused-ring (bicyclic) bond motifs is 1. The van der Waals surface area contributed by atoms with Gasteiger partial charge in [0.05, 0.1) is 6.61 Å². The second-order valence-electron chi connectivity index (χ2n) is 5.33. The Hall–Kier alpha value is -0.500. The van der Waals surface area contributed by atoms with Crippen LogP contribution in [0.3, 0.4) is 0 Å². The van der Waals surface area contributed by atoms with E-state index in [0.29, 0.717) is 5.92 Å².